The Balaban J connectivity index is 2.30. The number of allylic oxidation sites excluding steroid dienone is 6. The van der Waals surface area contributed by atoms with E-state index in [1.54, 1.807) is 6.20 Å². The van der Waals surface area contributed by atoms with E-state index in [0.29, 0.717) is 0 Å². The molecule has 1 aromatic heterocycles. The number of hydrogen-bond acceptors (Lipinski definition) is 1. The largest absolute Gasteiger partial charge is 0.307 e. The van der Waals surface area contributed by atoms with Gasteiger partial charge in [-0.05, 0) is 12.5 Å². The zero-order chi connectivity index (χ0) is 8.23. The fraction of sp³-hybridized carbons (Fsp3) is 0.100. The van der Waals surface area contributed by atoms with Crippen LogP contribution < -0.4 is 0 Å². The number of imidazole rings is 1. The van der Waals surface area contributed by atoms with E-state index in [9.17, 15) is 0 Å². The van der Waals surface area contributed by atoms with Crippen LogP contribution in [0.2, 0.25) is 0 Å². The molecule has 12 heavy (non-hydrogen) atoms. The maximum atomic E-state index is 4.00. The number of aromatic nitrogens is 2. The van der Waals surface area contributed by atoms with E-state index in [2.05, 4.69) is 29.3 Å². The summed E-state index contributed by atoms with van der Waals surface area (Å²) in [6, 6.07) is 0. The molecule has 2 nitrogen and oxygen atoms in total. The Morgan fingerprint density at radius 1 is 1.33 bits per heavy atom. The van der Waals surface area contributed by atoms with Crippen molar-refractivity contribution in [3.63, 3.8) is 0 Å². The van der Waals surface area contributed by atoms with Crippen LogP contribution in [0.3, 0.4) is 0 Å². The van der Waals surface area contributed by atoms with Gasteiger partial charge in [0.05, 0.1) is 6.33 Å². The third kappa shape index (κ3) is 1.37. The van der Waals surface area contributed by atoms with E-state index in [1.165, 1.54) is 5.70 Å². The Kier molecular flexibility index (Phi) is 1.90. The molecule has 0 radical (unpaired) electrons. The lowest BCUT2D eigenvalue weighted by Crippen LogP contribution is -1.89. The van der Waals surface area contributed by atoms with Crippen LogP contribution in [0.5, 0.6) is 0 Å². The lowest BCUT2D eigenvalue weighted by atomic mass is 10.3. The van der Waals surface area contributed by atoms with Gasteiger partial charge in [0.2, 0.25) is 0 Å². The van der Waals surface area contributed by atoms with Crippen molar-refractivity contribution < 1.29 is 0 Å². The van der Waals surface area contributed by atoms with Crippen molar-refractivity contribution in [2.75, 3.05) is 0 Å². The van der Waals surface area contributed by atoms with Gasteiger partial charge in [-0.1, -0.05) is 24.3 Å². The molecule has 0 amide bonds. The van der Waals surface area contributed by atoms with Crippen LogP contribution in [-0.2, 0) is 0 Å². The van der Waals surface area contributed by atoms with Crippen LogP contribution in [0.15, 0.2) is 49.1 Å². The van der Waals surface area contributed by atoms with Crippen molar-refractivity contribution in [3.05, 3.63) is 49.1 Å². The third-order valence-corrected chi connectivity index (χ3v) is 1.78. The summed E-state index contributed by atoms with van der Waals surface area (Å²) in [6.45, 7) is 0. The molecule has 1 aliphatic carbocycles. The van der Waals surface area contributed by atoms with Gasteiger partial charge in [0.15, 0.2) is 0 Å². The molecule has 0 N–H and O–H groups in total. The normalized spacial score (nSPS) is 15.8. The first-order valence-electron chi connectivity index (χ1n) is 3.98. The molecule has 1 aromatic rings. The third-order valence-electron chi connectivity index (χ3n) is 1.78. The molecular formula is C10H10N2. The van der Waals surface area contributed by atoms with Crippen LogP contribution in [0.25, 0.3) is 5.70 Å². The Hall–Kier alpha value is -1.57. The first-order chi connectivity index (χ1) is 5.97. The zero-order valence-electron chi connectivity index (χ0n) is 6.72. The predicted octanol–water partition coefficient (Wildman–Crippen LogP) is 2.24. The van der Waals surface area contributed by atoms with Crippen LogP contribution in [0.4, 0.5) is 0 Å². The van der Waals surface area contributed by atoms with Crippen molar-refractivity contribution in [2.45, 2.75) is 6.42 Å². The van der Waals surface area contributed by atoms with E-state index >= 15 is 0 Å². The highest BCUT2D eigenvalue weighted by Crippen LogP contribution is 2.09. The Bertz CT molecular complexity index is 329. The van der Waals surface area contributed by atoms with Crippen molar-refractivity contribution in [3.8, 4) is 0 Å². The first kappa shape index (κ1) is 7.10. The molecule has 0 unspecified atom stereocenters. The lowest BCUT2D eigenvalue weighted by Gasteiger charge is -2.00. The molecule has 2 rings (SSSR count). The standard InChI is InChI=1S/C10H10N2/c1-2-4-6-10(5-3-1)12-8-7-11-9-12/h1-3,5-9H,4H2. The summed E-state index contributed by atoms with van der Waals surface area (Å²) in [5, 5.41) is 0. The minimum atomic E-state index is 0.987. The maximum absolute atomic E-state index is 4.00. The van der Waals surface area contributed by atoms with Gasteiger partial charge in [0, 0.05) is 18.1 Å². The summed E-state index contributed by atoms with van der Waals surface area (Å²) >= 11 is 0. The summed E-state index contributed by atoms with van der Waals surface area (Å²) in [7, 11) is 0. The lowest BCUT2D eigenvalue weighted by molar-refractivity contribution is 1.09. The quantitative estimate of drug-likeness (QED) is 0.613. The highest BCUT2D eigenvalue weighted by Gasteiger charge is 1.94. The summed E-state index contributed by atoms with van der Waals surface area (Å²) in [5.41, 5.74) is 1.18. The van der Waals surface area contributed by atoms with Gasteiger partial charge < -0.3 is 4.57 Å². The van der Waals surface area contributed by atoms with Gasteiger partial charge in [-0.2, -0.15) is 0 Å². The molecule has 1 aliphatic rings. The monoisotopic (exact) mass is 158 g/mol. The van der Waals surface area contributed by atoms with E-state index in [1.807, 2.05) is 23.2 Å². The Labute approximate surface area is 71.6 Å². The van der Waals surface area contributed by atoms with Crippen molar-refractivity contribution in [1.82, 2.24) is 9.55 Å². The first-order valence-corrected chi connectivity index (χ1v) is 3.98. The van der Waals surface area contributed by atoms with E-state index < -0.39 is 0 Å². The number of hydrogen-bond donors (Lipinski definition) is 0. The minimum absolute atomic E-state index is 0.987. The topological polar surface area (TPSA) is 17.8 Å². The summed E-state index contributed by atoms with van der Waals surface area (Å²) in [4.78, 5) is 4.00. The molecule has 0 aromatic carbocycles. The predicted molar refractivity (Wildman–Crippen MR) is 49.4 cm³/mol. The van der Waals surface area contributed by atoms with Crippen molar-refractivity contribution in [1.29, 1.82) is 0 Å². The van der Waals surface area contributed by atoms with Crippen LogP contribution in [0, 0.1) is 0 Å². The van der Waals surface area contributed by atoms with Gasteiger partial charge in [0.25, 0.3) is 0 Å². The van der Waals surface area contributed by atoms with Crippen LogP contribution in [-0.4, -0.2) is 9.55 Å². The molecule has 0 fully saturated rings. The molecule has 0 bridgehead atoms. The fourth-order valence-electron chi connectivity index (χ4n) is 1.17. The molecule has 0 atom stereocenters. The molecule has 0 aliphatic heterocycles. The second kappa shape index (κ2) is 3.22. The minimum Gasteiger partial charge on any atom is -0.307 e. The van der Waals surface area contributed by atoms with Crippen LogP contribution >= 0.6 is 0 Å². The maximum Gasteiger partial charge on any atom is 0.0991 e. The summed E-state index contributed by atoms with van der Waals surface area (Å²) in [6.07, 6.45) is 17.0. The van der Waals surface area contributed by atoms with E-state index in [0.717, 1.165) is 6.42 Å². The highest BCUT2D eigenvalue weighted by molar-refractivity contribution is 5.58. The number of nitrogens with zero attached hydrogens (tertiary/aromatic N) is 2. The van der Waals surface area contributed by atoms with Gasteiger partial charge in [-0.15, -0.1) is 0 Å². The average Bonchev–Trinajstić information content (AvgIpc) is 2.48. The molecule has 0 saturated heterocycles. The average molecular weight is 158 g/mol. The summed E-state index contributed by atoms with van der Waals surface area (Å²) < 4.78 is 2.00. The summed E-state index contributed by atoms with van der Waals surface area (Å²) in [5.74, 6) is 0. The molecule has 60 valence electrons. The second-order valence-corrected chi connectivity index (χ2v) is 2.62. The van der Waals surface area contributed by atoms with E-state index in [-0.39, 0.29) is 0 Å². The Morgan fingerprint density at radius 3 is 3.17 bits per heavy atom. The highest BCUT2D eigenvalue weighted by atomic mass is 15.0. The van der Waals surface area contributed by atoms with Crippen molar-refractivity contribution >= 4 is 5.70 Å². The van der Waals surface area contributed by atoms with Gasteiger partial charge in [-0.25, -0.2) is 4.98 Å². The molecule has 2 heteroatoms. The second-order valence-electron chi connectivity index (χ2n) is 2.62. The Morgan fingerprint density at radius 2 is 2.33 bits per heavy atom. The van der Waals surface area contributed by atoms with Gasteiger partial charge in [-0.3, -0.25) is 0 Å². The SMILES string of the molecule is C1=CCC=C(n2ccnc2)C=C1. The van der Waals surface area contributed by atoms with E-state index in [4.69, 9.17) is 0 Å². The fourth-order valence-corrected chi connectivity index (χ4v) is 1.17. The molecule has 1 heterocycles. The van der Waals surface area contributed by atoms with Crippen LogP contribution in [0.1, 0.15) is 6.42 Å². The van der Waals surface area contributed by atoms with Gasteiger partial charge in [0.1, 0.15) is 0 Å². The molecular weight excluding hydrogens is 148 g/mol. The van der Waals surface area contributed by atoms with Crippen molar-refractivity contribution in [2.24, 2.45) is 0 Å². The van der Waals surface area contributed by atoms with Gasteiger partial charge >= 0.3 is 0 Å². The zero-order valence-corrected chi connectivity index (χ0v) is 6.72. The molecule has 0 saturated carbocycles. The molecule has 0 spiro atoms. The smallest absolute Gasteiger partial charge is 0.0991 e. The number of rotatable bonds is 1.